The lowest BCUT2D eigenvalue weighted by Gasteiger charge is -2.39. The SMILES string of the molecule is CNC(=O)NC(=O)C(C)N1CCCCC1CC(C)O. The number of imide groups is 1. The number of aliphatic hydroxyl groups excluding tert-OH is 1. The lowest BCUT2D eigenvalue weighted by molar-refractivity contribution is -0.126. The van der Waals surface area contributed by atoms with Crippen molar-refractivity contribution in [1.29, 1.82) is 0 Å². The molecule has 0 spiro atoms. The summed E-state index contributed by atoms with van der Waals surface area (Å²) in [6.45, 7) is 4.40. The molecule has 0 aliphatic carbocycles. The van der Waals surface area contributed by atoms with Gasteiger partial charge in [0.15, 0.2) is 0 Å². The van der Waals surface area contributed by atoms with Gasteiger partial charge in [-0.05, 0) is 39.7 Å². The highest BCUT2D eigenvalue weighted by atomic mass is 16.3. The van der Waals surface area contributed by atoms with Crippen molar-refractivity contribution in [2.24, 2.45) is 0 Å². The quantitative estimate of drug-likeness (QED) is 0.693. The van der Waals surface area contributed by atoms with E-state index in [1.807, 2.05) is 0 Å². The number of piperidine rings is 1. The first-order chi connectivity index (χ1) is 8.95. The molecule has 1 heterocycles. The van der Waals surface area contributed by atoms with Crippen LogP contribution in [0.5, 0.6) is 0 Å². The molecule has 0 aromatic rings. The Morgan fingerprint density at radius 3 is 2.63 bits per heavy atom. The van der Waals surface area contributed by atoms with Gasteiger partial charge in [-0.15, -0.1) is 0 Å². The van der Waals surface area contributed by atoms with Crippen LogP contribution in [-0.4, -0.2) is 53.7 Å². The molecule has 110 valence electrons. The van der Waals surface area contributed by atoms with Crippen molar-refractivity contribution in [3.8, 4) is 0 Å². The second-order valence-electron chi connectivity index (χ2n) is 5.22. The zero-order valence-corrected chi connectivity index (χ0v) is 12.0. The molecular formula is C13H25N3O3. The molecule has 0 saturated carbocycles. The van der Waals surface area contributed by atoms with E-state index in [0.29, 0.717) is 6.42 Å². The maximum atomic E-state index is 12.0. The minimum atomic E-state index is -0.485. The van der Waals surface area contributed by atoms with Crippen molar-refractivity contribution in [3.05, 3.63) is 0 Å². The van der Waals surface area contributed by atoms with E-state index in [2.05, 4.69) is 15.5 Å². The van der Waals surface area contributed by atoms with Crippen LogP contribution >= 0.6 is 0 Å². The fourth-order valence-electron chi connectivity index (χ4n) is 2.61. The molecule has 3 N–H and O–H groups in total. The Morgan fingerprint density at radius 2 is 2.05 bits per heavy atom. The summed E-state index contributed by atoms with van der Waals surface area (Å²) in [5.74, 6) is -0.295. The smallest absolute Gasteiger partial charge is 0.321 e. The van der Waals surface area contributed by atoms with Crippen molar-refractivity contribution in [2.45, 2.75) is 57.7 Å². The summed E-state index contributed by atoms with van der Waals surface area (Å²) >= 11 is 0. The highest BCUT2D eigenvalue weighted by Gasteiger charge is 2.31. The minimum Gasteiger partial charge on any atom is -0.393 e. The lowest BCUT2D eigenvalue weighted by atomic mass is 9.95. The number of hydrogen-bond donors (Lipinski definition) is 3. The molecule has 3 amide bonds. The van der Waals surface area contributed by atoms with Crippen molar-refractivity contribution < 1.29 is 14.7 Å². The van der Waals surface area contributed by atoms with Gasteiger partial charge in [-0.2, -0.15) is 0 Å². The topological polar surface area (TPSA) is 81.7 Å². The number of hydrogen-bond acceptors (Lipinski definition) is 4. The van der Waals surface area contributed by atoms with Gasteiger partial charge in [-0.3, -0.25) is 15.0 Å². The molecule has 1 aliphatic heterocycles. The largest absolute Gasteiger partial charge is 0.393 e. The molecule has 0 radical (unpaired) electrons. The third-order valence-electron chi connectivity index (χ3n) is 3.63. The summed E-state index contributed by atoms with van der Waals surface area (Å²) in [6.07, 6.45) is 3.45. The van der Waals surface area contributed by atoms with Crippen LogP contribution in [-0.2, 0) is 4.79 Å². The average Bonchev–Trinajstić information content (AvgIpc) is 2.37. The molecule has 1 aliphatic rings. The Balaban J connectivity index is 2.62. The summed E-state index contributed by atoms with van der Waals surface area (Å²) in [4.78, 5) is 25.2. The zero-order chi connectivity index (χ0) is 14.4. The number of carbonyl (C=O) groups is 2. The van der Waals surface area contributed by atoms with Crippen LogP contribution in [0.1, 0.15) is 39.5 Å². The third-order valence-corrected chi connectivity index (χ3v) is 3.63. The number of aliphatic hydroxyl groups is 1. The first kappa shape index (κ1) is 15.9. The number of rotatable bonds is 4. The second kappa shape index (κ2) is 7.45. The molecule has 19 heavy (non-hydrogen) atoms. The number of nitrogens with one attached hydrogen (secondary N) is 2. The summed E-state index contributed by atoms with van der Waals surface area (Å²) in [7, 11) is 1.48. The second-order valence-corrected chi connectivity index (χ2v) is 5.22. The predicted molar refractivity (Wildman–Crippen MR) is 72.7 cm³/mol. The van der Waals surface area contributed by atoms with E-state index in [1.54, 1.807) is 13.8 Å². The molecule has 0 aromatic heterocycles. The van der Waals surface area contributed by atoms with E-state index >= 15 is 0 Å². The van der Waals surface area contributed by atoms with Gasteiger partial charge in [-0.1, -0.05) is 6.42 Å². The van der Waals surface area contributed by atoms with E-state index < -0.39 is 6.03 Å². The maximum Gasteiger partial charge on any atom is 0.321 e. The van der Waals surface area contributed by atoms with Crippen molar-refractivity contribution in [1.82, 2.24) is 15.5 Å². The highest BCUT2D eigenvalue weighted by molar-refractivity contribution is 5.96. The van der Waals surface area contributed by atoms with Gasteiger partial charge in [0.05, 0.1) is 12.1 Å². The van der Waals surface area contributed by atoms with Crippen LogP contribution in [0.3, 0.4) is 0 Å². The van der Waals surface area contributed by atoms with E-state index in [9.17, 15) is 14.7 Å². The number of likely N-dealkylation sites (tertiary alicyclic amines) is 1. The van der Waals surface area contributed by atoms with Crippen LogP contribution in [0.2, 0.25) is 0 Å². The third kappa shape index (κ3) is 4.80. The van der Waals surface area contributed by atoms with E-state index in [0.717, 1.165) is 25.8 Å². The monoisotopic (exact) mass is 271 g/mol. The first-order valence-electron chi connectivity index (χ1n) is 6.92. The molecule has 0 bridgehead atoms. The number of urea groups is 1. The normalized spacial score (nSPS) is 23.5. The van der Waals surface area contributed by atoms with Gasteiger partial charge in [0.25, 0.3) is 0 Å². The molecule has 6 nitrogen and oxygen atoms in total. The van der Waals surface area contributed by atoms with Crippen LogP contribution < -0.4 is 10.6 Å². The predicted octanol–water partition coefficient (Wildman–Crippen LogP) is 0.456. The van der Waals surface area contributed by atoms with Gasteiger partial charge >= 0.3 is 6.03 Å². The first-order valence-corrected chi connectivity index (χ1v) is 6.92. The van der Waals surface area contributed by atoms with Crippen molar-refractivity contribution in [2.75, 3.05) is 13.6 Å². The molecule has 1 fully saturated rings. The Bertz CT molecular complexity index is 320. The van der Waals surface area contributed by atoms with E-state index in [1.165, 1.54) is 7.05 Å². The van der Waals surface area contributed by atoms with E-state index in [-0.39, 0.29) is 24.1 Å². The Kier molecular flexibility index (Phi) is 6.24. The summed E-state index contributed by atoms with van der Waals surface area (Å²) in [5.41, 5.74) is 0. The number of carbonyl (C=O) groups excluding carboxylic acids is 2. The molecule has 3 atom stereocenters. The Hall–Kier alpha value is -1.14. The lowest BCUT2D eigenvalue weighted by Crippen LogP contribution is -2.54. The molecular weight excluding hydrogens is 246 g/mol. The molecule has 0 aromatic carbocycles. The maximum absolute atomic E-state index is 12.0. The summed E-state index contributed by atoms with van der Waals surface area (Å²) in [6, 6.07) is -0.638. The molecule has 1 rings (SSSR count). The van der Waals surface area contributed by atoms with Crippen molar-refractivity contribution in [3.63, 3.8) is 0 Å². The zero-order valence-electron chi connectivity index (χ0n) is 12.0. The molecule has 1 saturated heterocycles. The Labute approximate surface area is 114 Å². The molecule has 6 heteroatoms. The van der Waals surface area contributed by atoms with E-state index in [4.69, 9.17) is 0 Å². The Morgan fingerprint density at radius 1 is 1.37 bits per heavy atom. The summed E-state index contributed by atoms with van der Waals surface area (Å²) < 4.78 is 0. The fraction of sp³-hybridized carbons (Fsp3) is 0.846. The summed E-state index contributed by atoms with van der Waals surface area (Å²) in [5, 5.41) is 14.2. The van der Waals surface area contributed by atoms with Crippen LogP contribution in [0.4, 0.5) is 4.79 Å². The standard InChI is InChI=1S/C13H25N3O3/c1-9(17)8-11-6-4-5-7-16(11)10(2)12(18)15-13(19)14-3/h9-11,17H,4-8H2,1-3H3,(H2,14,15,18,19). The fourth-order valence-corrected chi connectivity index (χ4v) is 2.61. The number of nitrogens with zero attached hydrogens (tertiary/aromatic N) is 1. The van der Waals surface area contributed by atoms with Crippen molar-refractivity contribution >= 4 is 11.9 Å². The molecule has 3 unspecified atom stereocenters. The van der Waals surface area contributed by atoms with Crippen LogP contribution in [0.15, 0.2) is 0 Å². The highest BCUT2D eigenvalue weighted by Crippen LogP contribution is 2.23. The number of amides is 3. The average molecular weight is 271 g/mol. The van der Waals surface area contributed by atoms with Crippen LogP contribution in [0.25, 0.3) is 0 Å². The van der Waals surface area contributed by atoms with Gasteiger partial charge in [0.2, 0.25) is 5.91 Å². The van der Waals surface area contributed by atoms with Gasteiger partial charge in [0.1, 0.15) is 0 Å². The van der Waals surface area contributed by atoms with Gasteiger partial charge in [-0.25, -0.2) is 4.79 Å². The van der Waals surface area contributed by atoms with Gasteiger partial charge < -0.3 is 10.4 Å². The van der Waals surface area contributed by atoms with Gasteiger partial charge in [0, 0.05) is 13.1 Å². The van der Waals surface area contributed by atoms with Crippen LogP contribution in [0, 0.1) is 0 Å². The minimum absolute atomic E-state index is 0.208.